The third-order valence-electron chi connectivity index (χ3n) is 2.42. The van der Waals surface area contributed by atoms with E-state index in [4.69, 9.17) is 4.74 Å². The van der Waals surface area contributed by atoms with E-state index in [1.807, 2.05) is 18.2 Å². The molecular weight excluding hydrogens is 286 g/mol. The predicted octanol–water partition coefficient (Wildman–Crippen LogP) is 1.85. The number of hydrogen-bond donors (Lipinski definition) is 2. The summed E-state index contributed by atoms with van der Waals surface area (Å²) in [5.74, 6) is 1.22. The number of aliphatic hydroxyl groups is 1. The number of nitrogens with one attached hydrogen (secondary N) is 1. The number of rotatable bonds is 4. The van der Waals surface area contributed by atoms with Gasteiger partial charge in [0, 0.05) is 10.9 Å². The summed E-state index contributed by atoms with van der Waals surface area (Å²) in [5, 5.41) is 16.3. The summed E-state index contributed by atoms with van der Waals surface area (Å²) < 4.78 is 6.07. The Balaban J connectivity index is 2.18. The molecule has 0 aliphatic carbocycles. The lowest BCUT2D eigenvalue weighted by Crippen LogP contribution is -2.04. The first kappa shape index (κ1) is 12.1. The molecule has 17 heavy (non-hydrogen) atoms. The highest BCUT2D eigenvalue weighted by Gasteiger charge is 2.13. The molecule has 1 aromatic heterocycles. The third-order valence-corrected chi connectivity index (χ3v) is 3.19. The Bertz CT molecular complexity index is 487. The first-order valence-corrected chi connectivity index (χ1v) is 5.85. The maximum atomic E-state index is 9.96. The monoisotopic (exact) mass is 297 g/mol. The van der Waals surface area contributed by atoms with Crippen LogP contribution in [0.3, 0.4) is 0 Å². The van der Waals surface area contributed by atoms with E-state index in [9.17, 15) is 5.11 Å². The van der Waals surface area contributed by atoms with Crippen molar-refractivity contribution in [3.63, 3.8) is 0 Å². The molecule has 0 fully saturated rings. The number of benzene rings is 1. The zero-order valence-corrected chi connectivity index (χ0v) is 10.8. The van der Waals surface area contributed by atoms with Gasteiger partial charge in [-0.05, 0) is 23.8 Å². The Morgan fingerprint density at radius 1 is 1.53 bits per heavy atom. The first-order chi connectivity index (χ1) is 8.20. The van der Waals surface area contributed by atoms with Gasteiger partial charge in [0.05, 0.1) is 7.11 Å². The van der Waals surface area contributed by atoms with Gasteiger partial charge in [-0.25, -0.2) is 4.98 Å². The summed E-state index contributed by atoms with van der Waals surface area (Å²) in [6.45, 7) is 0. The minimum atomic E-state index is -0.707. The van der Waals surface area contributed by atoms with Crippen molar-refractivity contribution in [3.8, 4) is 5.75 Å². The Labute approximate surface area is 107 Å². The molecule has 2 rings (SSSR count). The smallest absolute Gasteiger partial charge is 0.153 e. The lowest BCUT2D eigenvalue weighted by molar-refractivity contribution is 0.168. The number of halogens is 1. The number of hydrogen-bond acceptors (Lipinski definition) is 4. The standard InChI is InChI=1S/C11H12BrN3O2/c1-17-8-2-3-9(12)7(4-8)5-10(16)11-13-6-14-15-11/h2-4,6,10,16H,5H2,1H3,(H,13,14,15). The number of aliphatic hydroxyl groups excluding tert-OH is 1. The van der Waals surface area contributed by atoms with Crippen LogP contribution in [0.15, 0.2) is 29.0 Å². The molecule has 2 aromatic rings. The molecule has 1 heterocycles. The van der Waals surface area contributed by atoms with Gasteiger partial charge >= 0.3 is 0 Å². The van der Waals surface area contributed by atoms with Gasteiger partial charge in [-0.15, -0.1) is 0 Å². The van der Waals surface area contributed by atoms with Gasteiger partial charge in [-0.3, -0.25) is 5.10 Å². The van der Waals surface area contributed by atoms with Gasteiger partial charge < -0.3 is 9.84 Å². The van der Waals surface area contributed by atoms with Crippen LogP contribution in [0.1, 0.15) is 17.5 Å². The maximum absolute atomic E-state index is 9.96. The van der Waals surface area contributed by atoms with Crippen LogP contribution in [-0.4, -0.2) is 27.4 Å². The van der Waals surface area contributed by atoms with Gasteiger partial charge in [0.2, 0.25) is 0 Å². The van der Waals surface area contributed by atoms with Crippen LogP contribution in [-0.2, 0) is 6.42 Å². The predicted molar refractivity (Wildman–Crippen MR) is 65.7 cm³/mol. The molecule has 0 radical (unpaired) electrons. The van der Waals surface area contributed by atoms with Crippen LogP contribution in [0.5, 0.6) is 5.75 Å². The number of ether oxygens (including phenoxy) is 1. The number of methoxy groups -OCH3 is 1. The Hall–Kier alpha value is -1.40. The Kier molecular flexibility index (Phi) is 3.75. The van der Waals surface area contributed by atoms with Crippen molar-refractivity contribution >= 4 is 15.9 Å². The SMILES string of the molecule is COc1ccc(Br)c(CC(O)c2ncn[nH]2)c1. The molecular formula is C11H12BrN3O2. The quantitative estimate of drug-likeness (QED) is 0.903. The molecule has 0 bridgehead atoms. The number of nitrogens with zero attached hydrogens (tertiary/aromatic N) is 2. The zero-order valence-electron chi connectivity index (χ0n) is 9.22. The van der Waals surface area contributed by atoms with Crippen LogP contribution in [0.2, 0.25) is 0 Å². The fraction of sp³-hybridized carbons (Fsp3) is 0.273. The summed E-state index contributed by atoms with van der Waals surface area (Å²) in [6, 6.07) is 5.62. The lowest BCUT2D eigenvalue weighted by atomic mass is 10.1. The highest BCUT2D eigenvalue weighted by atomic mass is 79.9. The zero-order chi connectivity index (χ0) is 12.3. The summed E-state index contributed by atoms with van der Waals surface area (Å²) in [4.78, 5) is 3.92. The summed E-state index contributed by atoms with van der Waals surface area (Å²) in [6.07, 6.45) is 1.10. The van der Waals surface area contributed by atoms with E-state index >= 15 is 0 Å². The molecule has 90 valence electrons. The van der Waals surface area contributed by atoms with E-state index in [0.29, 0.717) is 12.2 Å². The van der Waals surface area contributed by atoms with Gasteiger partial charge in [-0.2, -0.15) is 5.10 Å². The van der Waals surface area contributed by atoms with Crippen LogP contribution in [0, 0.1) is 0 Å². The third kappa shape index (κ3) is 2.83. The topological polar surface area (TPSA) is 71.0 Å². The van der Waals surface area contributed by atoms with E-state index in [0.717, 1.165) is 15.8 Å². The number of aromatic nitrogens is 3. The Morgan fingerprint density at radius 3 is 3.00 bits per heavy atom. The molecule has 0 aliphatic heterocycles. The molecule has 6 heteroatoms. The highest BCUT2D eigenvalue weighted by Crippen LogP contribution is 2.26. The second-order valence-corrected chi connectivity index (χ2v) is 4.40. The average molecular weight is 298 g/mol. The number of aromatic amines is 1. The minimum Gasteiger partial charge on any atom is -0.497 e. The molecule has 5 nitrogen and oxygen atoms in total. The molecule has 1 atom stereocenters. The molecule has 2 N–H and O–H groups in total. The van der Waals surface area contributed by atoms with Crippen molar-refractivity contribution in [1.29, 1.82) is 0 Å². The average Bonchev–Trinajstić information content (AvgIpc) is 2.85. The fourth-order valence-electron chi connectivity index (χ4n) is 1.51. The molecule has 0 saturated carbocycles. The van der Waals surface area contributed by atoms with Crippen molar-refractivity contribution in [2.24, 2.45) is 0 Å². The fourth-order valence-corrected chi connectivity index (χ4v) is 1.92. The van der Waals surface area contributed by atoms with E-state index in [2.05, 4.69) is 31.1 Å². The first-order valence-electron chi connectivity index (χ1n) is 5.06. The molecule has 0 aliphatic rings. The second-order valence-electron chi connectivity index (χ2n) is 3.55. The molecule has 0 saturated heterocycles. The molecule has 1 aromatic carbocycles. The molecule has 0 spiro atoms. The molecule has 1 unspecified atom stereocenters. The summed E-state index contributed by atoms with van der Waals surface area (Å²) in [7, 11) is 1.61. The van der Waals surface area contributed by atoms with Crippen LogP contribution in [0.25, 0.3) is 0 Å². The van der Waals surface area contributed by atoms with Crippen molar-refractivity contribution in [1.82, 2.24) is 15.2 Å². The molecule has 0 amide bonds. The lowest BCUT2D eigenvalue weighted by Gasteiger charge is -2.10. The highest BCUT2D eigenvalue weighted by molar-refractivity contribution is 9.10. The van der Waals surface area contributed by atoms with Crippen molar-refractivity contribution in [2.45, 2.75) is 12.5 Å². The van der Waals surface area contributed by atoms with E-state index in [1.54, 1.807) is 7.11 Å². The van der Waals surface area contributed by atoms with E-state index in [-0.39, 0.29) is 0 Å². The van der Waals surface area contributed by atoms with Gasteiger partial charge in [0.1, 0.15) is 18.2 Å². The van der Waals surface area contributed by atoms with Crippen molar-refractivity contribution < 1.29 is 9.84 Å². The van der Waals surface area contributed by atoms with Gasteiger partial charge in [-0.1, -0.05) is 15.9 Å². The minimum absolute atomic E-state index is 0.437. The normalized spacial score (nSPS) is 12.4. The van der Waals surface area contributed by atoms with Gasteiger partial charge in [0.15, 0.2) is 5.82 Å². The summed E-state index contributed by atoms with van der Waals surface area (Å²) in [5.41, 5.74) is 0.952. The van der Waals surface area contributed by atoms with Gasteiger partial charge in [0.25, 0.3) is 0 Å². The second kappa shape index (κ2) is 5.29. The van der Waals surface area contributed by atoms with E-state index < -0.39 is 6.10 Å². The number of H-pyrrole nitrogens is 1. The van der Waals surface area contributed by atoms with Crippen molar-refractivity contribution in [3.05, 3.63) is 40.4 Å². The maximum Gasteiger partial charge on any atom is 0.153 e. The summed E-state index contributed by atoms with van der Waals surface area (Å²) >= 11 is 3.44. The Morgan fingerprint density at radius 2 is 2.35 bits per heavy atom. The van der Waals surface area contributed by atoms with Crippen LogP contribution >= 0.6 is 15.9 Å². The van der Waals surface area contributed by atoms with Crippen LogP contribution in [0.4, 0.5) is 0 Å². The van der Waals surface area contributed by atoms with Crippen molar-refractivity contribution in [2.75, 3.05) is 7.11 Å². The largest absolute Gasteiger partial charge is 0.497 e. The van der Waals surface area contributed by atoms with E-state index in [1.165, 1.54) is 6.33 Å². The van der Waals surface area contributed by atoms with Crippen LogP contribution < -0.4 is 4.74 Å².